The molecule has 0 aliphatic heterocycles. The van der Waals surface area contributed by atoms with Crippen molar-refractivity contribution in [1.29, 1.82) is 0 Å². The third kappa shape index (κ3) is 4.39. The average Bonchev–Trinajstić information content (AvgIpc) is 2.54. The number of carbonyl (C=O) groups excluding carboxylic acids is 2. The molecule has 1 heterocycles. The van der Waals surface area contributed by atoms with Gasteiger partial charge in [0.15, 0.2) is 0 Å². The van der Waals surface area contributed by atoms with Gasteiger partial charge in [0.2, 0.25) is 5.91 Å². The van der Waals surface area contributed by atoms with Gasteiger partial charge in [0.25, 0.3) is 5.91 Å². The van der Waals surface area contributed by atoms with E-state index in [4.69, 9.17) is 0 Å². The summed E-state index contributed by atoms with van der Waals surface area (Å²) in [6.45, 7) is 5.65. The second-order valence-electron chi connectivity index (χ2n) is 5.46. The van der Waals surface area contributed by atoms with Crippen LogP contribution < -0.4 is 10.6 Å². The van der Waals surface area contributed by atoms with Gasteiger partial charge in [-0.3, -0.25) is 9.59 Å². The normalized spacial score (nSPS) is 11.6. The van der Waals surface area contributed by atoms with Crippen molar-refractivity contribution in [2.45, 2.75) is 33.1 Å². The van der Waals surface area contributed by atoms with E-state index in [2.05, 4.69) is 29.5 Å². The Hall–Kier alpha value is -2.69. The highest BCUT2D eigenvalue weighted by molar-refractivity contribution is 6.05. The second kappa shape index (κ2) is 7.54. The van der Waals surface area contributed by atoms with Crippen LogP contribution in [0.1, 0.15) is 49.0 Å². The standard InChI is InChI=1S/C18H21N3O2/c1-4-12(2)15-7-5-6-8-16(15)21-18(23)14-9-10-19-17(11-14)20-13(3)22/h5-12H,4H2,1-3H3,(H,21,23)(H,19,20,22). The first-order valence-corrected chi connectivity index (χ1v) is 7.65. The zero-order valence-electron chi connectivity index (χ0n) is 13.6. The molecule has 1 aromatic heterocycles. The molecular formula is C18H21N3O2. The van der Waals surface area contributed by atoms with Gasteiger partial charge in [0, 0.05) is 24.4 Å². The molecule has 120 valence electrons. The maximum Gasteiger partial charge on any atom is 0.255 e. The average molecular weight is 311 g/mol. The molecule has 0 fully saturated rings. The van der Waals surface area contributed by atoms with Gasteiger partial charge >= 0.3 is 0 Å². The van der Waals surface area contributed by atoms with Crippen molar-refractivity contribution < 1.29 is 9.59 Å². The number of para-hydroxylation sites is 1. The van der Waals surface area contributed by atoms with E-state index in [1.807, 2.05) is 24.3 Å². The highest BCUT2D eigenvalue weighted by Gasteiger charge is 2.13. The third-order valence-corrected chi connectivity index (χ3v) is 3.68. The number of hydrogen-bond acceptors (Lipinski definition) is 3. The van der Waals surface area contributed by atoms with Crippen molar-refractivity contribution in [2.75, 3.05) is 10.6 Å². The van der Waals surface area contributed by atoms with Gasteiger partial charge in [-0.1, -0.05) is 32.0 Å². The summed E-state index contributed by atoms with van der Waals surface area (Å²) in [4.78, 5) is 27.6. The fourth-order valence-electron chi connectivity index (χ4n) is 2.28. The maximum absolute atomic E-state index is 12.5. The Kier molecular flexibility index (Phi) is 5.46. The minimum Gasteiger partial charge on any atom is -0.322 e. The number of hydrogen-bond donors (Lipinski definition) is 2. The van der Waals surface area contributed by atoms with Crippen molar-refractivity contribution in [3.8, 4) is 0 Å². The number of amides is 2. The molecule has 2 aromatic rings. The van der Waals surface area contributed by atoms with Crippen LogP contribution in [0.2, 0.25) is 0 Å². The van der Waals surface area contributed by atoms with Crippen LogP contribution in [0.4, 0.5) is 11.5 Å². The van der Waals surface area contributed by atoms with E-state index in [0.717, 1.165) is 17.7 Å². The van der Waals surface area contributed by atoms with Crippen molar-refractivity contribution in [3.63, 3.8) is 0 Å². The van der Waals surface area contributed by atoms with Crippen molar-refractivity contribution >= 4 is 23.3 Å². The van der Waals surface area contributed by atoms with Crippen LogP contribution in [-0.4, -0.2) is 16.8 Å². The van der Waals surface area contributed by atoms with E-state index in [-0.39, 0.29) is 11.8 Å². The van der Waals surface area contributed by atoms with E-state index in [9.17, 15) is 9.59 Å². The van der Waals surface area contributed by atoms with Crippen LogP contribution in [0.3, 0.4) is 0 Å². The maximum atomic E-state index is 12.5. The van der Waals surface area contributed by atoms with Gasteiger partial charge in [0.05, 0.1) is 0 Å². The summed E-state index contributed by atoms with van der Waals surface area (Å²) in [6.07, 6.45) is 2.50. The van der Waals surface area contributed by atoms with E-state index < -0.39 is 0 Å². The number of carbonyl (C=O) groups is 2. The molecular weight excluding hydrogens is 290 g/mol. The van der Waals surface area contributed by atoms with E-state index >= 15 is 0 Å². The summed E-state index contributed by atoms with van der Waals surface area (Å²) in [6, 6.07) is 11.0. The molecule has 0 aliphatic rings. The monoisotopic (exact) mass is 311 g/mol. The largest absolute Gasteiger partial charge is 0.322 e. The van der Waals surface area contributed by atoms with Gasteiger partial charge in [-0.15, -0.1) is 0 Å². The quantitative estimate of drug-likeness (QED) is 0.882. The van der Waals surface area contributed by atoms with E-state index in [1.165, 1.54) is 13.1 Å². The molecule has 0 spiro atoms. The highest BCUT2D eigenvalue weighted by atomic mass is 16.2. The van der Waals surface area contributed by atoms with Crippen LogP contribution in [0.5, 0.6) is 0 Å². The van der Waals surface area contributed by atoms with Crippen LogP contribution in [0.15, 0.2) is 42.6 Å². The zero-order chi connectivity index (χ0) is 16.8. The van der Waals surface area contributed by atoms with Gasteiger partial charge in [0.1, 0.15) is 5.82 Å². The molecule has 0 radical (unpaired) electrons. The molecule has 0 bridgehead atoms. The van der Waals surface area contributed by atoms with Gasteiger partial charge < -0.3 is 10.6 Å². The third-order valence-electron chi connectivity index (χ3n) is 3.68. The lowest BCUT2D eigenvalue weighted by Crippen LogP contribution is -2.15. The van der Waals surface area contributed by atoms with Gasteiger partial charge in [-0.2, -0.15) is 0 Å². The number of nitrogens with zero attached hydrogens (tertiary/aromatic N) is 1. The molecule has 1 unspecified atom stereocenters. The summed E-state index contributed by atoms with van der Waals surface area (Å²) in [5.74, 6) is 0.270. The number of benzene rings is 1. The summed E-state index contributed by atoms with van der Waals surface area (Å²) in [7, 11) is 0. The molecule has 23 heavy (non-hydrogen) atoms. The number of rotatable bonds is 5. The second-order valence-corrected chi connectivity index (χ2v) is 5.46. The van der Waals surface area contributed by atoms with Crippen molar-refractivity contribution in [1.82, 2.24) is 4.98 Å². The highest BCUT2D eigenvalue weighted by Crippen LogP contribution is 2.26. The minimum atomic E-state index is -0.227. The van der Waals surface area contributed by atoms with Crippen LogP contribution >= 0.6 is 0 Å². The van der Waals surface area contributed by atoms with Crippen LogP contribution in [0, 0.1) is 0 Å². The Morgan fingerprint density at radius 1 is 1.17 bits per heavy atom. The molecule has 0 aliphatic carbocycles. The molecule has 1 atom stereocenters. The molecule has 5 heteroatoms. The van der Waals surface area contributed by atoms with E-state index in [1.54, 1.807) is 12.1 Å². The molecule has 2 N–H and O–H groups in total. The fourth-order valence-corrected chi connectivity index (χ4v) is 2.28. The number of anilines is 2. The summed E-state index contributed by atoms with van der Waals surface area (Å²) < 4.78 is 0. The van der Waals surface area contributed by atoms with Crippen molar-refractivity contribution in [2.24, 2.45) is 0 Å². The molecule has 2 rings (SSSR count). The predicted molar refractivity (Wildman–Crippen MR) is 91.6 cm³/mol. The minimum absolute atomic E-state index is 0.225. The summed E-state index contributed by atoms with van der Waals surface area (Å²) in [5, 5.41) is 5.52. The Labute approximate surface area is 136 Å². The Morgan fingerprint density at radius 2 is 1.91 bits per heavy atom. The molecule has 0 saturated carbocycles. The topological polar surface area (TPSA) is 71.1 Å². The van der Waals surface area contributed by atoms with Crippen molar-refractivity contribution in [3.05, 3.63) is 53.7 Å². The van der Waals surface area contributed by atoms with Gasteiger partial charge in [-0.25, -0.2) is 4.98 Å². The zero-order valence-corrected chi connectivity index (χ0v) is 13.6. The van der Waals surface area contributed by atoms with Crippen LogP contribution in [-0.2, 0) is 4.79 Å². The molecule has 2 amide bonds. The first-order valence-electron chi connectivity index (χ1n) is 7.65. The molecule has 1 aromatic carbocycles. The Bertz CT molecular complexity index is 713. The smallest absolute Gasteiger partial charge is 0.255 e. The fraction of sp³-hybridized carbons (Fsp3) is 0.278. The number of nitrogens with one attached hydrogen (secondary N) is 2. The summed E-state index contributed by atoms with van der Waals surface area (Å²) in [5.41, 5.74) is 2.37. The SMILES string of the molecule is CCC(C)c1ccccc1NC(=O)c1ccnc(NC(C)=O)c1. The lowest BCUT2D eigenvalue weighted by atomic mass is 9.97. The first kappa shape index (κ1) is 16.7. The van der Waals surface area contributed by atoms with E-state index in [0.29, 0.717) is 17.3 Å². The van der Waals surface area contributed by atoms with Gasteiger partial charge in [-0.05, 0) is 36.1 Å². The number of aromatic nitrogens is 1. The number of pyridine rings is 1. The molecule has 5 nitrogen and oxygen atoms in total. The Balaban J connectivity index is 2.21. The molecule has 0 saturated heterocycles. The lowest BCUT2D eigenvalue weighted by molar-refractivity contribution is -0.114. The van der Waals surface area contributed by atoms with Crippen LogP contribution in [0.25, 0.3) is 0 Å². The first-order chi connectivity index (χ1) is 11.0. The predicted octanol–water partition coefficient (Wildman–Crippen LogP) is 3.81. The summed E-state index contributed by atoms with van der Waals surface area (Å²) >= 11 is 0. The lowest BCUT2D eigenvalue weighted by Gasteiger charge is -2.15. The Morgan fingerprint density at radius 3 is 2.61 bits per heavy atom.